The maximum absolute atomic E-state index is 13.0. The summed E-state index contributed by atoms with van der Waals surface area (Å²) in [5.74, 6) is -1.34. The van der Waals surface area contributed by atoms with E-state index in [2.05, 4.69) is 0 Å². The summed E-state index contributed by atoms with van der Waals surface area (Å²) in [5.41, 5.74) is -0.152. The molecule has 2 atom stereocenters. The number of halogens is 1. The van der Waals surface area contributed by atoms with E-state index >= 15 is 0 Å². The number of aliphatic carboxylic acids is 1. The van der Waals surface area contributed by atoms with Gasteiger partial charge in [-0.05, 0) is 24.7 Å². The molecule has 2 nitrogen and oxygen atoms in total. The van der Waals surface area contributed by atoms with Crippen LogP contribution in [0.3, 0.4) is 0 Å². The van der Waals surface area contributed by atoms with Crippen molar-refractivity contribution >= 4 is 5.97 Å². The lowest BCUT2D eigenvalue weighted by molar-refractivity contribution is -0.145. The Balaban J connectivity index is 2.64. The number of hydrogen-bond donors (Lipinski definition) is 1. The molecule has 0 spiro atoms. The zero-order valence-electron chi connectivity index (χ0n) is 7.51. The molecule has 12 heavy (non-hydrogen) atoms. The van der Waals surface area contributed by atoms with Crippen LogP contribution in [0.15, 0.2) is 0 Å². The van der Waals surface area contributed by atoms with Gasteiger partial charge in [0.1, 0.15) is 6.17 Å². The molecule has 0 aromatic heterocycles. The molecule has 1 fully saturated rings. The predicted octanol–water partition coefficient (Wildman–Crippen LogP) is 2.24. The molecule has 2 unspecified atom stereocenters. The van der Waals surface area contributed by atoms with E-state index in [1.54, 1.807) is 0 Å². The van der Waals surface area contributed by atoms with Gasteiger partial charge in [0.25, 0.3) is 0 Å². The summed E-state index contributed by atoms with van der Waals surface area (Å²) in [5, 5.41) is 8.72. The van der Waals surface area contributed by atoms with E-state index in [9.17, 15) is 9.18 Å². The summed E-state index contributed by atoms with van der Waals surface area (Å²) < 4.78 is 13.0. The summed E-state index contributed by atoms with van der Waals surface area (Å²) in [7, 11) is 0. The van der Waals surface area contributed by atoms with Gasteiger partial charge in [-0.3, -0.25) is 4.79 Å². The number of carboxylic acids is 1. The van der Waals surface area contributed by atoms with Gasteiger partial charge < -0.3 is 5.11 Å². The predicted molar refractivity (Wildman–Crippen MR) is 43.7 cm³/mol. The Kier molecular flexibility index (Phi) is 2.40. The number of carbonyl (C=O) groups is 1. The number of hydrogen-bond acceptors (Lipinski definition) is 1. The van der Waals surface area contributed by atoms with Gasteiger partial charge in [0.05, 0.1) is 5.92 Å². The first-order valence-corrected chi connectivity index (χ1v) is 4.27. The van der Waals surface area contributed by atoms with Crippen LogP contribution in [0.1, 0.15) is 33.1 Å². The van der Waals surface area contributed by atoms with Crippen LogP contribution in [0.5, 0.6) is 0 Å². The summed E-state index contributed by atoms with van der Waals surface area (Å²) in [6, 6.07) is 0. The van der Waals surface area contributed by atoms with Crippen molar-refractivity contribution in [2.45, 2.75) is 39.3 Å². The van der Waals surface area contributed by atoms with E-state index in [0.717, 1.165) is 0 Å². The van der Waals surface area contributed by atoms with Gasteiger partial charge in [0.2, 0.25) is 0 Å². The molecular formula is C9H15FO2. The van der Waals surface area contributed by atoms with Crippen LogP contribution in [0.4, 0.5) is 4.39 Å². The maximum Gasteiger partial charge on any atom is 0.306 e. The SMILES string of the molecule is CC1(C)CC(F)CC(C(=O)O)C1. The highest BCUT2D eigenvalue weighted by Crippen LogP contribution is 2.39. The highest BCUT2D eigenvalue weighted by Gasteiger charge is 2.37. The van der Waals surface area contributed by atoms with Crippen molar-refractivity contribution in [3.05, 3.63) is 0 Å². The summed E-state index contributed by atoms with van der Waals surface area (Å²) in [4.78, 5) is 10.6. The second-order valence-electron chi connectivity index (χ2n) is 4.44. The Morgan fingerprint density at radius 2 is 2.08 bits per heavy atom. The summed E-state index contributed by atoms with van der Waals surface area (Å²) in [6.07, 6.45) is 0.355. The molecule has 1 saturated carbocycles. The Morgan fingerprint density at radius 3 is 2.50 bits per heavy atom. The van der Waals surface area contributed by atoms with Gasteiger partial charge >= 0.3 is 5.97 Å². The second-order valence-corrected chi connectivity index (χ2v) is 4.44. The fourth-order valence-corrected chi connectivity index (χ4v) is 2.01. The molecule has 1 rings (SSSR count). The topological polar surface area (TPSA) is 37.3 Å². The highest BCUT2D eigenvalue weighted by atomic mass is 19.1. The van der Waals surface area contributed by atoms with Crippen LogP contribution in [0.25, 0.3) is 0 Å². The lowest BCUT2D eigenvalue weighted by Gasteiger charge is -2.35. The monoisotopic (exact) mass is 174 g/mol. The molecule has 1 aliphatic carbocycles. The minimum atomic E-state index is -0.935. The zero-order valence-corrected chi connectivity index (χ0v) is 7.51. The maximum atomic E-state index is 13.0. The number of carboxylic acid groups (broad SMARTS) is 1. The normalized spacial score (nSPS) is 34.6. The van der Waals surface area contributed by atoms with Gasteiger partial charge in [0, 0.05) is 0 Å². The van der Waals surface area contributed by atoms with Crippen LogP contribution < -0.4 is 0 Å². The summed E-state index contributed by atoms with van der Waals surface area (Å²) in [6.45, 7) is 3.85. The van der Waals surface area contributed by atoms with Gasteiger partial charge in [-0.2, -0.15) is 0 Å². The Labute approximate surface area is 71.8 Å². The molecule has 0 bridgehead atoms. The van der Waals surface area contributed by atoms with Crippen molar-refractivity contribution in [3.63, 3.8) is 0 Å². The van der Waals surface area contributed by atoms with Crippen molar-refractivity contribution in [3.8, 4) is 0 Å². The minimum absolute atomic E-state index is 0.152. The fourth-order valence-electron chi connectivity index (χ4n) is 2.01. The number of rotatable bonds is 1. The van der Waals surface area contributed by atoms with Crippen molar-refractivity contribution < 1.29 is 14.3 Å². The first kappa shape index (κ1) is 9.49. The van der Waals surface area contributed by atoms with Crippen molar-refractivity contribution in [2.75, 3.05) is 0 Å². The quantitative estimate of drug-likeness (QED) is 0.661. The molecule has 1 N–H and O–H groups in total. The Morgan fingerprint density at radius 1 is 1.50 bits per heavy atom. The van der Waals surface area contributed by atoms with E-state index in [1.165, 1.54) is 0 Å². The van der Waals surface area contributed by atoms with Crippen LogP contribution >= 0.6 is 0 Å². The van der Waals surface area contributed by atoms with Crippen molar-refractivity contribution in [2.24, 2.45) is 11.3 Å². The zero-order chi connectivity index (χ0) is 9.35. The third-order valence-corrected chi connectivity index (χ3v) is 2.46. The third kappa shape index (κ3) is 2.19. The molecule has 0 aliphatic heterocycles. The molecule has 70 valence electrons. The molecule has 0 aromatic rings. The molecule has 0 aromatic carbocycles. The van der Waals surface area contributed by atoms with E-state index in [-0.39, 0.29) is 11.8 Å². The Hall–Kier alpha value is -0.600. The van der Waals surface area contributed by atoms with Crippen LogP contribution in [0, 0.1) is 11.3 Å². The first-order chi connectivity index (χ1) is 5.41. The van der Waals surface area contributed by atoms with E-state index in [1.807, 2.05) is 13.8 Å². The largest absolute Gasteiger partial charge is 0.481 e. The molecule has 3 heteroatoms. The van der Waals surface area contributed by atoms with E-state index in [4.69, 9.17) is 5.11 Å². The van der Waals surface area contributed by atoms with Gasteiger partial charge in [-0.1, -0.05) is 13.8 Å². The molecule has 0 saturated heterocycles. The average molecular weight is 174 g/mol. The van der Waals surface area contributed by atoms with E-state index in [0.29, 0.717) is 12.8 Å². The van der Waals surface area contributed by atoms with Crippen molar-refractivity contribution in [1.82, 2.24) is 0 Å². The smallest absolute Gasteiger partial charge is 0.306 e. The van der Waals surface area contributed by atoms with Gasteiger partial charge in [-0.25, -0.2) is 4.39 Å². The second kappa shape index (κ2) is 3.04. The molecule has 0 radical (unpaired) electrons. The number of alkyl halides is 1. The lowest BCUT2D eigenvalue weighted by Crippen LogP contribution is -2.33. The standard InChI is InChI=1S/C9H15FO2/c1-9(2)4-6(8(11)12)3-7(10)5-9/h6-7H,3-5H2,1-2H3,(H,11,12). The summed E-state index contributed by atoms with van der Waals surface area (Å²) >= 11 is 0. The fraction of sp³-hybridized carbons (Fsp3) is 0.889. The Bertz CT molecular complexity index is 189. The molecular weight excluding hydrogens is 159 g/mol. The van der Waals surface area contributed by atoms with Crippen LogP contribution in [-0.2, 0) is 4.79 Å². The van der Waals surface area contributed by atoms with Crippen LogP contribution in [0.2, 0.25) is 0 Å². The highest BCUT2D eigenvalue weighted by molar-refractivity contribution is 5.70. The third-order valence-electron chi connectivity index (χ3n) is 2.46. The molecule has 0 amide bonds. The van der Waals surface area contributed by atoms with Gasteiger partial charge in [0.15, 0.2) is 0 Å². The van der Waals surface area contributed by atoms with Gasteiger partial charge in [-0.15, -0.1) is 0 Å². The lowest BCUT2D eigenvalue weighted by atomic mass is 9.71. The average Bonchev–Trinajstić information content (AvgIpc) is 1.82. The minimum Gasteiger partial charge on any atom is -0.481 e. The van der Waals surface area contributed by atoms with Crippen LogP contribution in [-0.4, -0.2) is 17.2 Å². The van der Waals surface area contributed by atoms with Crippen molar-refractivity contribution in [1.29, 1.82) is 0 Å². The first-order valence-electron chi connectivity index (χ1n) is 4.27. The molecule has 0 heterocycles. The molecule has 1 aliphatic rings. The van der Waals surface area contributed by atoms with E-state index < -0.39 is 18.1 Å².